The third kappa shape index (κ3) is 4.75. The molecule has 26 heavy (non-hydrogen) atoms. The molecule has 0 radical (unpaired) electrons. The summed E-state index contributed by atoms with van der Waals surface area (Å²) >= 11 is 0. The van der Waals surface area contributed by atoms with Crippen molar-refractivity contribution in [1.29, 1.82) is 0 Å². The van der Waals surface area contributed by atoms with Crippen LogP contribution in [0.15, 0.2) is 36.4 Å². The molecule has 6 heteroatoms. The number of methoxy groups -OCH3 is 1. The Kier molecular flexibility index (Phi) is 6.22. The molecule has 0 unspecified atom stereocenters. The van der Waals surface area contributed by atoms with Gasteiger partial charge in [0.25, 0.3) is 0 Å². The van der Waals surface area contributed by atoms with Crippen LogP contribution in [0, 0.1) is 0 Å². The van der Waals surface area contributed by atoms with Crippen LogP contribution >= 0.6 is 0 Å². The SMILES string of the molecule is COC(=O)CCc1cc(C(=O)c2ccc(OC(C)C)cc2O)ccc1O. The summed E-state index contributed by atoms with van der Waals surface area (Å²) in [5.41, 5.74) is 0.890. The molecule has 2 N–H and O–H groups in total. The standard InChI is InChI=1S/C20H22O6/c1-12(2)26-15-6-7-16(18(22)11-15)20(24)14-4-8-17(21)13(10-14)5-9-19(23)25-3/h4,6-8,10-12,21-22H,5,9H2,1-3H3. The summed E-state index contributed by atoms with van der Waals surface area (Å²) in [5, 5.41) is 20.1. The maximum absolute atomic E-state index is 12.7. The zero-order valence-corrected chi connectivity index (χ0v) is 15.0. The van der Waals surface area contributed by atoms with Crippen molar-refractivity contribution in [3.63, 3.8) is 0 Å². The molecule has 0 atom stereocenters. The number of carbonyl (C=O) groups excluding carboxylic acids is 2. The fourth-order valence-electron chi connectivity index (χ4n) is 2.47. The van der Waals surface area contributed by atoms with Gasteiger partial charge in [-0.05, 0) is 56.2 Å². The minimum Gasteiger partial charge on any atom is -0.508 e. The Morgan fingerprint density at radius 1 is 1.04 bits per heavy atom. The minimum atomic E-state index is -0.403. The summed E-state index contributed by atoms with van der Waals surface area (Å²) in [5.74, 6) is -0.511. The molecule has 6 nitrogen and oxygen atoms in total. The van der Waals surface area contributed by atoms with E-state index in [1.54, 1.807) is 6.07 Å². The lowest BCUT2D eigenvalue weighted by molar-refractivity contribution is -0.140. The van der Waals surface area contributed by atoms with Crippen molar-refractivity contribution in [3.8, 4) is 17.2 Å². The van der Waals surface area contributed by atoms with E-state index in [1.165, 1.54) is 37.4 Å². The molecule has 0 aliphatic rings. The normalized spacial score (nSPS) is 10.6. The highest BCUT2D eigenvalue weighted by atomic mass is 16.5. The quantitative estimate of drug-likeness (QED) is 0.583. The highest BCUT2D eigenvalue weighted by Crippen LogP contribution is 2.28. The van der Waals surface area contributed by atoms with Crippen molar-refractivity contribution in [3.05, 3.63) is 53.1 Å². The zero-order chi connectivity index (χ0) is 19.3. The Balaban J connectivity index is 2.25. The molecule has 0 bridgehead atoms. The molecular weight excluding hydrogens is 336 g/mol. The van der Waals surface area contributed by atoms with E-state index in [0.29, 0.717) is 16.9 Å². The lowest BCUT2D eigenvalue weighted by Gasteiger charge is -2.12. The second-order valence-corrected chi connectivity index (χ2v) is 6.09. The summed E-state index contributed by atoms with van der Waals surface area (Å²) in [4.78, 5) is 24.0. The maximum atomic E-state index is 12.7. The zero-order valence-electron chi connectivity index (χ0n) is 15.0. The van der Waals surface area contributed by atoms with Crippen LogP contribution in [-0.4, -0.2) is 35.2 Å². The molecule has 0 amide bonds. The molecule has 0 spiro atoms. The van der Waals surface area contributed by atoms with Gasteiger partial charge in [0.2, 0.25) is 0 Å². The van der Waals surface area contributed by atoms with Crippen LogP contribution in [-0.2, 0) is 16.0 Å². The second kappa shape index (κ2) is 8.38. The lowest BCUT2D eigenvalue weighted by atomic mass is 9.98. The first-order valence-corrected chi connectivity index (χ1v) is 8.25. The molecule has 138 valence electrons. The van der Waals surface area contributed by atoms with Crippen molar-refractivity contribution >= 4 is 11.8 Å². The Bertz CT molecular complexity index is 810. The van der Waals surface area contributed by atoms with Gasteiger partial charge in [0, 0.05) is 18.1 Å². The predicted octanol–water partition coefficient (Wildman–Crippen LogP) is 3.22. The summed E-state index contributed by atoms with van der Waals surface area (Å²) in [6, 6.07) is 8.89. The molecule has 0 saturated carbocycles. The van der Waals surface area contributed by atoms with Crippen LogP contribution in [0.3, 0.4) is 0 Å². The maximum Gasteiger partial charge on any atom is 0.305 e. The Labute approximate surface area is 152 Å². The van der Waals surface area contributed by atoms with E-state index >= 15 is 0 Å². The molecule has 0 aromatic heterocycles. The van der Waals surface area contributed by atoms with Gasteiger partial charge < -0.3 is 19.7 Å². The van der Waals surface area contributed by atoms with E-state index in [0.717, 1.165) is 0 Å². The number of esters is 1. The average molecular weight is 358 g/mol. The van der Waals surface area contributed by atoms with Crippen molar-refractivity contribution in [1.82, 2.24) is 0 Å². The van der Waals surface area contributed by atoms with Crippen LogP contribution < -0.4 is 4.74 Å². The number of phenolic OH excluding ortho intramolecular Hbond substituents is 2. The fraction of sp³-hybridized carbons (Fsp3) is 0.300. The van der Waals surface area contributed by atoms with Crippen LogP contribution in [0.25, 0.3) is 0 Å². The monoisotopic (exact) mass is 358 g/mol. The number of aromatic hydroxyl groups is 2. The van der Waals surface area contributed by atoms with Crippen LogP contribution in [0.2, 0.25) is 0 Å². The first-order valence-electron chi connectivity index (χ1n) is 8.25. The van der Waals surface area contributed by atoms with Crippen LogP contribution in [0.1, 0.15) is 41.8 Å². The molecule has 0 aliphatic carbocycles. The molecular formula is C20H22O6. The van der Waals surface area contributed by atoms with Gasteiger partial charge in [0.1, 0.15) is 17.2 Å². The van der Waals surface area contributed by atoms with E-state index in [2.05, 4.69) is 4.74 Å². The molecule has 0 saturated heterocycles. The number of hydrogen-bond acceptors (Lipinski definition) is 6. The second-order valence-electron chi connectivity index (χ2n) is 6.09. The number of benzene rings is 2. The summed E-state index contributed by atoms with van der Waals surface area (Å²) < 4.78 is 10.1. The van der Waals surface area contributed by atoms with Gasteiger partial charge in [-0.2, -0.15) is 0 Å². The Morgan fingerprint density at radius 2 is 1.77 bits per heavy atom. The van der Waals surface area contributed by atoms with E-state index in [-0.39, 0.29) is 36.0 Å². The summed E-state index contributed by atoms with van der Waals surface area (Å²) in [6.45, 7) is 3.73. The topological polar surface area (TPSA) is 93.1 Å². The van der Waals surface area contributed by atoms with E-state index in [4.69, 9.17) is 4.74 Å². The van der Waals surface area contributed by atoms with Gasteiger partial charge in [0.15, 0.2) is 5.78 Å². The number of hydrogen-bond donors (Lipinski definition) is 2. The number of phenols is 2. The highest BCUT2D eigenvalue weighted by Gasteiger charge is 2.17. The van der Waals surface area contributed by atoms with Gasteiger partial charge in [0.05, 0.1) is 18.8 Å². The molecule has 2 aromatic carbocycles. The van der Waals surface area contributed by atoms with E-state index < -0.39 is 11.8 Å². The smallest absolute Gasteiger partial charge is 0.305 e. The number of rotatable bonds is 7. The summed E-state index contributed by atoms with van der Waals surface area (Å²) in [6.07, 6.45) is 0.284. The molecule has 2 aromatic rings. The third-order valence-corrected chi connectivity index (χ3v) is 3.75. The van der Waals surface area contributed by atoms with Crippen molar-refractivity contribution < 1.29 is 29.3 Å². The number of ether oxygens (including phenoxy) is 2. The lowest BCUT2D eigenvalue weighted by Crippen LogP contribution is -2.07. The van der Waals surface area contributed by atoms with E-state index in [9.17, 15) is 19.8 Å². The first-order chi connectivity index (χ1) is 12.3. The van der Waals surface area contributed by atoms with Gasteiger partial charge in [-0.15, -0.1) is 0 Å². The minimum absolute atomic E-state index is 0.00430. The van der Waals surface area contributed by atoms with Gasteiger partial charge in [-0.1, -0.05) is 0 Å². The fourth-order valence-corrected chi connectivity index (χ4v) is 2.47. The highest BCUT2D eigenvalue weighted by molar-refractivity contribution is 6.10. The number of ketones is 1. The van der Waals surface area contributed by atoms with Gasteiger partial charge in [-0.25, -0.2) is 0 Å². The Morgan fingerprint density at radius 3 is 2.38 bits per heavy atom. The molecule has 0 fully saturated rings. The molecule has 2 rings (SSSR count). The third-order valence-electron chi connectivity index (χ3n) is 3.75. The molecule has 0 aliphatic heterocycles. The molecule has 0 heterocycles. The number of carbonyl (C=O) groups is 2. The van der Waals surface area contributed by atoms with Crippen LogP contribution in [0.4, 0.5) is 0 Å². The average Bonchev–Trinajstić information content (AvgIpc) is 2.59. The largest absolute Gasteiger partial charge is 0.508 e. The van der Waals surface area contributed by atoms with Gasteiger partial charge >= 0.3 is 5.97 Å². The summed E-state index contributed by atoms with van der Waals surface area (Å²) in [7, 11) is 1.29. The Hall–Kier alpha value is -3.02. The predicted molar refractivity (Wildman–Crippen MR) is 95.7 cm³/mol. The number of aryl methyl sites for hydroxylation is 1. The van der Waals surface area contributed by atoms with Crippen molar-refractivity contribution in [2.45, 2.75) is 32.8 Å². The van der Waals surface area contributed by atoms with E-state index in [1.807, 2.05) is 13.8 Å². The first kappa shape index (κ1) is 19.3. The van der Waals surface area contributed by atoms with Crippen LogP contribution in [0.5, 0.6) is 17.2 Å². The van der Waals surface area contributed by atoms with Crippen molar-refractivity contribution in [2.75, 3.05) is 7.11 Å². The van der Waals surface area contributed by atoms with Gasteiger partial charge in [-0.3, -0.25) is 9.59 Å². The van der Waals surface area contributed by atoms with Crippen molar-refractivity contribution in [2.24, 2.45) is 0 Å².